The molecular weight excluding hydrogens is 292 g/mol. The van der Waals surface area contributed by atoms with Crippen LogP contribution in [0.15, 0.2) is 6.20 Å². The Hall–Kier alpha value is -1.43. The highest BCUT2D eigenvalue weighted by Gasteiger charge is 2.36. The molecular formula is C17H26N4O2. The number of amides is 1. The van der Waals surface area contributed by atoms with E-state index in [1.54, 1.807) is 0 Å². The van der Waals surface area contributed by atoms with Gasteiger partial charge < -0.3 is 9.64 Å². The third kappa shape index (κ3) is 3.57. The molecule has 23 heavy (non-hydrogen) atoms. The summed E-state index contributed by atoms with van der Waals surface area (Å²) in [7, 11) is 0. The molecule has 0 spiro atoms. The first kappa shape index (κ1) is 15.1. The summed E-state index contributed by atoms with van der Waals surface area (Å²) in [5.74, 6) is 1.40. The van der Waals surface area contributed by atoms with Crippen LogP contribution < -0.4 is 0 Å². The predicted octanol–water partition coefficient (Wildman–Crippen LogP) is 2.17. The quantitative estimate of drug-likeness (QED) is 0.806. The van der Waals surface area contributed by atoms with Gasteiger partial charge in [0, 0.05) is 25.6 Å². The van der Waals surface area contributed by atoms with Gasteiger partial charge in [-0.25, -0.2) is 4.68 Å². The van der Waals surface area contributed by atoms with E-state index in [-0.39, 0.29) is 12.0 Å². The van der Waals surface area contributed by atoms with Crippen molar-refractivity contribution in [1.29, 1.82) is 0 Å². The van der Waals surface area contributed by atoms with E-state index in [1.807, 2.05) is 15.8 Å². The zero-order chi connectivity index (χ0) is 15.6. The third-order valence-corrected chi connectivity index (χ3v) is 5.36. The van der Waals surface area contributed by atoms with Crippen molar-refractivity contribution in [3.05, 3.63) is 11.9 Å². The molecule has 2 heterocycles. The Balaban J connectivity index is 1.23. The second-order valence-corrected chi connectivity index (χ2v) is 7.38. The lowest BCUT2D eigenvalue weighted by Crippen LogP contribution is -2.53. The number of hydrogen-bond donors (Lipinski definition) is 0. The normalized spacial score (nSPS) is 23.0. The summed E-state index contributed by atoms with van der Waals surface area (Å²) >= 11 is 0. The summed E-state index contributed by atoms with van der Waals surface area (Å²) in [6, 6.07) is 0.284. The molecule has 1 aliphatic heterocycles. The molecule has 0 bridgehead atoms. The van der Waals surface area contributed by atoms with Crippen molar-refractivity contribution in [3.8, 4) is 0 Å². The molecule has 6 heteroatoms. The predicted molar refractivity (Wildman–Crippen MR) is 84.6 cm³/mol. The molecule has 4 rings (SSSR count). The van der Waals surface area contributed by atoms with Gasteiger partial charge in [0.25, 0.3) is 0 Å². The maximum atomic E-state index is 12.4. The van der Waals surface area contributed by atoms with Gasteiger partial charge in [-0.15, -0.1) is 5.10 Å². The van der Waals surface area contributed by atoms with E-state index in [2.05, 4.69) is 10.3 Å². The number of hydrogen-bond acceptors (Lipinski definition) is 4. The van der Waals surface area contributed by atoms with Gasteiger partial charge in [0.05, 0.1) is 18.8 Å². The van der Waals surface area contributed by atoms with Crippen LogP contribution in [0.4, 0.5) is 0 Å². The largest absolute Gasteiger partial charge is 0.375 e. The molecule has 0 aromatic carbocycles. The Morgan fingerprint density at radius 3 is 2.70 bits per heavy atom. The summed E-state index contributed by atoms with van der Waals surface area (Å²) in [5, 5.41) is 8.39. The van der Waals surface area contributed by atoms with E-state index in [0.29, 0.717) is 12.5 Å². The lowest BCUT2D eigenvalue weighted by molar-refractivity contribution is -0.142. The number of rotatable bonds is 6. The lowest BCUT2D eigenvalue weighted by Gasteiger charge is -2.41. The summed E-state index contributed by atoms with van der Waals surface area (Å²) in [4.78, 5) is 14.4. The maximum absolute atomic E-state index is 12.4. The summed E-state index contributed by atoms with van der Waals surface area (Å²) < 4.78 is 7.55. The highest BCUT2D eigenvalue weighted by Crippen LogP contribution is 2.30. The molecule has 3 fully saturated rings. The Morgan fingerprint density at radius 1 is 1.17 bits per heavy atom. The summed E-state index contributed by atoms with van der Waals surface area (Å²) in [6.45, 7) is 2.95. The first-order chi connectivity index (χ1) is 11.3. The fourth-order valence-electron chi connectivity index (χ4n) is 3.58. The number of likely N-dealkylation sites (tertiary alicyclic amines) is 1. The fraction of sp³-hybridized carbons (Fsp3) is 0.824. The van der Waals surface area contributed by atoms with Crippen molar-refractivity contribution in [2.24, 2.45) is 11.8 Å². The smallest absolute Gasteiger partial charge is 0.225 e. The molecule has 1 saturated heterocycles. The standard InChI is InChI=1S/C17H26N4O2/c22-17(14-4-2-1-3-5-14)20-9-16(10-20)21-8-15(18-19-21)12-23-11-13-6-7-13/h8,13-14,16H,1-7,9-12H2. The Kier molecular flexibility index (Phi) is 4.33. The number of aromatic nitrogens is 3. The Labute approximate surface area is 137 Å². The molecule has 126 valence electrons. The van der Waals surface area contributed by atoms with E-state index in [0.717, 1.165) is 44.1 Å². The first-order valence-electron chi connectivity index (χ1n) is 9.07. The average molecular weight is 318 g/mol. The van der Waals surface area contributed by atoms with Crippen molar-refractivity contribution in [1.82, 2.24) is 19.9 Å². The molecule has 2 aliphatic carbocycles. The number of carbonyl (C=O) groups is 1. The molecule has 1 amide bonds. The molecule has 0 unspecified atom stereocenters. The molecule has 0 N–H and O–H groups in total. The van der Waals surface area contributed by atoms with Crippen LogP contribution in [0, 0.1) is 11.8 Å². The highest BCUT2D eigenvalue weighted by molar-refractivity contribution is 5.79. The van der Waals surface area contributed by atoms with E-state index < -0.39 is 0 Å². The fourth-order valence-corrected chi connectivity index (χ4v) is 3.58. The monoisotopic (exact) mass is 318 g/mol. The van der Waals surface area contributed by atoms with Gasteiger partial charge in [-0.1, -0.05) is 24.5 Å². The Morgan fingerprint density at radius 2 is 1.96 bits per heavy atom. The van der Waals surface area contributed by atoms with E-state index in [4.69, 9.17) is 4.74 Å². The van der Waals surface area contributed by atoms with Crippen LogP contribution >= 0.6 is 0 Å². The minimum atomic E-state index is 0.270. The van der Waals surface area contributed by atoms with Crippen LogP contribution in [-0.4, -0.2) is 45.5 Å². The first-order valence-corrected chi connectivity index (χ1v) is 9.07. The number of nitrogens with zero attached hydrogens (tertiary/aromatic N) is 4. The summed E-state index contributed by atoms with van der Waals surface area (Å²) in [6.07, 6.45) is 10.4. The summed E-state index contributed by atoms with van der Waals surface area (Å²) in [5.41, 5.74) is 0.891. The number of ether oxygens (including phenoxy) is 1. The van der Waals surface area contributed by atoms with Crippen molar-refractivity contribution >= 4 is 5.91 Å². The van der Waals surface area contributed by atoms with E-state index >= 15 is 0 Å². The molecule has 2 saturated carbocycles. The van der Waals surface area contributed by atoms with Gasteiger partial charge in [-0.05, 0) is 31.6 Å². The maximum Gasteiger partial charge on any atom is 0.225 e. The topological polar surface area (TPSA) is 60.2 Å². The third-order valence-electron chi connectivity index (χ3n) is 5.36. The van der Waals surface area contributed by atoms with Crippen molar-refractivity contribution < 1.29 is 9.53 Å². The van der Waals surface area contributed by atoms with Crippen LogP contribution in [0.25, 0.3) is 0 Å². The minimum absolute atomic E-state index is 0.270. The molecule has 3 aliphatic rings. The second-order valence-electron chi connectivity index (χ2n) is 7.38. The van der Waals surface area contributed by atoms with Crippen LogP contribution in [0.2, 0.25) is 0 Å². The average Bonchev–Trinajstić information content (AvgIpc) is 3.24. The minimum Gasteiger partial charge on any atom is -0.375 e. The van der Waals surface area contributed by atoms with Gasteiger partial charge in [0.2, 0.25) is 5.91 Å². The van der Waals surface area contributed by atoms with Crippen molar-refractivity contribution in [2.45, 2.75) is 57.6 Å². The lowest BCUT2D eigenvalue weighted by atomic mass is 9.87. The van der Waals surface area contributed by atoms with Crippen molar-refractivity contribution in [3.63, 3.8) is 0 Å². The molecule has 6 nitrogen and oxygen atoms in total. The van der Waals surface area contributed by atoms with Crippen LogP contribution in [0.1, 0.15) is 56.7 Å². The van der Waals surface area contributed by atoms with Gasteiger partial charge in [-0.2, -0.15) is 0 Å². The van der Waals surface area contributed by atoms with Crippen LogP contribution in [0.5, 0.6) is 0 Å². The molecule has 0 radical (unpaired) electrons. The van der Waals surface area contributed by atoms with Gasteiger partial charge in [0.15, 0.2) is 0 Å². The van der Waals surface area contributed by atoms with E-state index in [1.165, 1.54) is 32.1 Å². The number of carbonyl (C=O) groups excluding carboxylic acids is 1. The van der Waals surface area contributed by atoms with Crippen molar-refractivity contribution in [2.75, 3.05) is 19.7 Å². The molecule has 0 atom stereocenters. The molecule has 1 aromatic rings. The van der Waals surface area contributed by atoms with Gasteiger partial charge in [-0.3, -0.25) is 4.79 Å². The van der Waals surface area contributed by atoms with E-state index in [9.17, 15) is 4.79 Å². The second kappa shape index (κ2) is 6.59. The van der Waals surface area contributed by atoms with Gasteiger partial charge >= 0.3 is 0 Å². The van der Waals surface area contributed by atoms with Crippen LogP contribution in [0.3, 0.4) is 0 Å². The zero-order valence-corrected chi connectivity index (χ0v) is 13.7. The SMILES string of the molecule is O=C(C1CCCCC1)N1CC(n2cc(COCC3CC3)nn2)C1. The zero-order valence-electron chi connectivity index (χ0n) is 13.7. The van der Waals surface area contributed by atoms with Crippen LogP contribution in [-0.2, 0) is 16.1 Å². The molecule has 1 aromatic heterocycles. The highest BCUT2D eigenvalue weighted by atomic mass is 16.5. The Bertz CT molecular complexity index is 543. The van der Waals surface area contributed by atoms with Gasteiger partial charge in [0.1, 0.15) is 5.69 Å².